The molecule has 3 aromatic heterocycles. The highest BCUT2D eigenvalue weighted by atomic mass is 79.9. The number of H-pyrrole nitrogens is 1. The molecule has 2 N–H and O–H groups in total. The molecule has 5 rings (SSSR count). The first-order chi connectivity index (χ1) is 16.0. The van der Waals surface area contributed by atoms with Gasteiger partial charge < -0.3 is 15.2 Å². The van der Waals surface area contributed by atoms with Crippen molar-refractivity contribution in [3.63, 3.8) is 0 Å². The number of carbonyl (C=O) groups is 2. The second-order valence-electron chi connectivity index (χ2n) is 8.15. The van der Waals surface area contributed by atoms with Crippen molar-refractivity contribution in [3.05, 3.63) is 57.5 Å². The average Bonchev–Trinajstić information content (AvgIpc) is 3.40. The van der Waals surface area contributed by atoms with E-state index in [4.69, 9.17) is 0 Å². The Morgan fingerprint density at radius 2 is 2.06 bits per heavy atom. The number of fused-ring (bicyclic) bond motifs is 2. The topological polar surface area (TPSA) is 91.0 Å². The predicted octanol–water partition coefficient (Wildman–Crippen LogP) is 4.89. The van der Waals surface area contributed by atoms with Gasteiger partial charge in [-0.2, -0.15) is 0 Å². The molecule has 0 saturated carbocycles. The summed E-state index contributed by atoms with van der Waals surface area (Å²) in [7, 11) is 0. The molecule has 1 atom stereocenters. The van der Waals surface area contributed by atoms with E-state index in [1.165, 1.54) is 11.3 Å². The second-order valence-corrected chi connectivity index (χ2v) is 9.89. The number of halogens is 2. The van der Waals surface area contributed by atoms with Crippen LogP contribution in [0.5, 0.6) is 0 Å². The summed E-state index contributed by atoms with van der Waals surface area (Å²) in [4.78, 5) is 39.4. The molecule has 4 heterocycles. The zero-order valence-corrected chi connectivity index (χ0v) is 20.0. The van der Waals surface area contributed by atoms with Gasteiger partial charge in [-0.3, -0.25) is 9.59 Å². The molecule has 1 unspecified atom stereocenters. The van der Waals surface area contributed by atoms with Gasteiger partial charge in [0.15, 0.2) is 5.82 Å². The van der Waals surface area contributed by atoms with Crippen LogP contribution in [0.15, 0.2) is 40.3 Å². The maximum atomic E-state index is 14.5. The quantitative estimate of drug-likeness (QED) is 0.395. The van der Waals surface area contributed by atoms with Crippen LogP contribution in [0.3, 0.4) is 0 Å². The molecule has 0 aliphatic carbocycles. The van der Waals surface area contributed by atoms with Crippen molar-refractivity contribution < 1.29 is 14.0 Å². The van der Waals surface area contributed by atoms with Crippen LogP contribution < -0.4 is 5.32 Å². The lowest BCUT2D eigenvalue weighted by Gasteiger charge is -2.30. The van der Waals surface area contributed by atoms with E-state index in [0.717, 1.165) is 30.4 Å². The smallest absolute Gasteiger partial charge is 0.272 e. The van der Waals surface area contributed by atoms with E-state index < -0.39 is 5.82 Å². The number of benzene rings is 1. The van der Waals surface area contributed by atoms with E-state index in [1.807, 2.05) is 0 Å². The number of carbonyl (C=O) groups excluding carboxylic acids is 2. The first kappa shape index (κ1) is 22.0. The molecule has 0 radical (unpaired) electrons. The molecule has 7 nitrogen and oxygen atoms in total. The summed E-state index contributed by atoms with van der Waals surface area (Å²) in [6.07, 6.45) is 3.58. The number of hydrogen-bond acceptors (Lipinski definition) is 5. The zero-order valence-electron chi connectivity index (χ0n) is 17.6. The third-order valence-corrected chi connectivity index (χ3v) is 7.27. The summed E-state index contributed by atoms with van der Waals surface area (Å²) in [5, 5.41) is 3.69. The number of hydrogen-bond donors (Lipinski definition) is 2. The van der Waals surface area contributed by atoms with E-state index in [-0.39, 0.29) is 29.1 Å². The summed E-state index contributed by atoms with van der Waals surface area (Å²) in [5.74, 6) is -0.962. The molecule has 1 aliphatic heterocycles. The van der Waals surface area contributed by atoms with Crippen molar-refractivity contribution >= 4 is 60.3 Å². The first-order valence-electron chi connectivity index (χ1n) is 10.8. The number of nitrogens with zero attached hydrogens (tertiary/aromatic N) is 3. The van der Waals surface area contributed by atoms with E-state index in [0.29, 0.717) is 34.3 Å². The number of aromatic amines is 1. The molecular formula is C23H21BrFN5O2S. The lowest BCUT2D eigenvalue weighted by molar-refractivity contribution is 0.0701. The lowest BCUT2D eigenvalue weighted by Crippen LogP contribution is -2.47. The van der Waals surface area contributed by atoms with Gasteiger partial charge >= 0.3 is 0 Å². The molecule has 0 spiro atoms. The first-order valence-corrected chi connectivity index (χ1v) is 12.4. The normalized spacial score (nSPS) is 17.2. The van der Waals surface area contributed by atoms with Gasteiger partial charge in [0.2, 0.25) is 0 Å². The van der Waals surface area contributed by atoms with Crippen LogP contribution in [0.4, 0.5) is 4.39 Å². The molecular weight excluding hydrogens is 509 g/mol. The van der Waals surface area contributed by atoms with Crippen molar-refractivity contribution in [1.29, 1.82) is 0 Å². The Morgan fingerprint density at radius 3 is 2.91 bits per heavy atom. The Labute approximate surface area is 201 Å². The van der Waals surface area contributed by atoms with Crippen LogP contribution in [-0.4, -0.2) is 50.8 Å². The zero-order chi connectivity index (χ0) is 22.9. The highest BCUT2D eigenvalue weighted by molar-refractivity contribution is 9.10. The number of likely N-dealkylation sites (tertiary alicyclic amines) is 1. The highest BCUT2D eigenvalue weighted by Crippen LogP contribution is 2.24. The molecule has 33 heavy (non-hydrogen) atoms. The fourth-order valence-electron chi connectivity index (χ4n) is 4.16. The summed E-state index contributed by atoms with van der Waals surface area (Å²) in [6.45, 7) is 0.937. The van der Waals surface area contributed by atoms with Crippen LogP contribution in [0.25, 0.3) is 21.3 Å². The molecule has 2 amide bonds. The highest BCUT2D eigenvalue weighted by Gasteiger charge is 2.25. The van der Waals surface area contributed by atoms with Crippen molar-refractivity contribution in [2.45, 2.75) is 31.7 Å². The Morgan fingerprint density at radius 1 is 1.21 bits per heavy atom. The molecule has 1 aliphatic rings. The van der Waals surface area contributed by atoms with Gasteiger partial charge in [0.05, 0.1) is 14.7 Å². The van der Waals surface area contributed by atoms with Crippen molar-refractivity contribution in [2.24, 2.45) is 0 Å². The number of aromatic nitrogens is 3. The lowest BCUT2D eigenvalue weighted by atomic mass is 10.0. The van der Waals surface area contributed by atoms with Gasteiger partial charge in [-0.15, -0.1) is 11.3 Å². The predicted molar refractivity (Wildman–Crippen MR) is 129 cm³/mol. The second kappa shape index (κ2) is 9.18. The number of pyridine rings is 1. The monoisotopic (exact) mass is 529 g/mol. The van der Waals surface area contributed by atoms with Crippen LogP contribution >= 0.6 is 27.3 Å². The molecule has 170 valence electrons. The van der Waals surface area contributed by atoms with Crippen LogP contribution in [0.1, 0.15) is 46.7 Å². The van der Waals surface area contributed by atoms with Gasteiger partial charge in [0, 0.05) is 24.5 Å². The van der Waals surface area contributed by atoms with Gasteiger partial charge in [-0.05, 0) is 47.0 Å². The third kappa shape index (κ3) is 4.49. The van der Waals surface area contributed by atoms with E-state index >= 15 is 0 Å². The summed E-state index contributed by atoms with van der Waals surface area (Å²) >= 11 is 4.65. The van der Waals surface area contributed by atoms with Gasteiger partial charge in [0.25, 0.3) is 11.8 Å². The maximum absolute atomic E-state index is 14.5. The van der Waals surface area contributed by atoms with Crippen LogP contribution in [-0.2, 0) is 0 Å². The molecule has 0 bridgehead atoms. The molecule has 10 heteroatoms. The largest absolute Gasteiger partial charge is 0.346 e. The van der Waals surface area contributed by atoms with Crippen LogP contribution in [0.2, 0.25) is 0 Å². The number of nitrogens with one attached hydrogen (secondary N) is 2. The van der Waals surface area contributed by atoms with E-state index in [2.05, 4.69) is 36.2 Å². The Hall–Kier alpha value is -2.85. The van der Waals surface area contributed by atoms with Gasteiger partial charge in [0.1, 0.15) is 22.6 Å². The average molecular weight is 530 g/mol. The summed E-state index contributed by atoms with van der Waals surface area (Å²) in [5.41, 5.74) is 3.24. The minimum Gasteiger partial charge on any atom is -0.346 e. The number of thiazole rings is 1. The van der Waals surface area contributed by atoms with E-state index in [1.54, 1.807) is 40.7 Å². The van der Waals surface area contributed by atoms with Crippen LogP contribution in [0, 0.1) is 5.82 Å². The van der Waals surface area contributed by atoms with Gasteiger partial charge in [-0.1, -0.05) is 25.0 Å². The fourth-order valence-corrected chi connectivity index (χ4v) is 5.16. The standard InChI is InChI=1S/C23H21BrFN5O2S/c24-15-7-5-13-6-8-16(28-20(13)19(15)25)23(32)30-9-3-1-2-4-14(11-30)27-22(31)17-10-18-21(29-17)26-12-33-18/h5-8,10,12,14,29H,1-4,9,11H2,(H,27,31). The minimum atomic E-state index is -0.486. The summed E-state index contributed by atoms with van der Waals surface area (Å²) in [6, 6.07) is 8.31. The van der Waals surface area contributed by atoms with Gasteiger partial charge in [-0.25, -0.2) is 14.4 Å². The van der Waals surface area contributed by atoms with E-state index in [9.17, 15) is 14.0 Å². The van der Waals surface area contributed by atoms with Crippen molar-refractivity contribution in [1.82, 2.24) is 25.2 Å². The molecule has 1 aromatic carbocycles. The minimum absolute atomic E-state index is 0.160. The van der Waals surface area contributed by atoms with Crippen molar-refractivity contribution in [3.8, 4) is 0 Å². The van der Waals surface area contributed by atoms with Crippen molar-refractivity contribution in [2.75, 3.05) is 13.1 Å². The molecule has 1 saturated heterocycles. The summed E-state index contributed by atoms with van der Waals surface area (Å²) < 4.78 is 15.8. The Kier molecular flexibility index (Phi) is 6.11. The Balaban J connectivity index is 1.35. The molecule has 1 fully saturated rings. The SMILES string of the molecule is O=C(NC1CCCCCN(C(=O)c2ccc3ccc(Br)c(F)c3n2)C1)c1cc2scnc2[nH]1. The number of rotatable bonds is 3. The fraction of sp³-hybridized carbons (Fsp3) is 0.304. The third-order valence-electron chi connectivity index (χ3n) is 5.88. The Bertz CT molecular complexity index is 1320. The molecule has 4 aromatic rings. The maximum Gasteiger partial charge on any atom is 0.272 e. The number of amides is 2.